The van der Waals surface area contributed by atoms with Crippen LogP contribution in [0.25, 0.3) is 0 Å². The summed E-state index contributed by atoms with van der Waals surface area (Å²) in [5.74, 6) is -0.463. The Kier molecular flexibility index (Phi) is 5.46. The number of hydrogen-bond acceptors (Lipinski definition) is 3. The second-order valence-corrected chi connectivity index (χ2v) is 5.30. The van der Waals surface area contributed by atoms with Gasteiger partial charge in [-0.25, -0.2) is 0 Å². The molecule has 0 aliphatic carbocycles. The fraction of sp³-hybridized carbons (Fsp3) is 0.235. The Morgan fingerprint density at radius 3 is 2.12 bits per heavy atom. The fourth-order valence-electron chi connectivity index (χ4n) is 2.16. The van der Waals surface area contributed by atoms with Crippen molar-refractivity contribution in [2.75, 3.05) is 6.61 Å². The Bertz CT molecular complexity index is 682. The van der Waals surface area contributed by atoms with Crippen LogP contribution in [-0.4, -0.2) is 28.8 Å². The lowest BCUT2D eigenvalue weighted by Crippen LogP contribution is -2.39. The Balaban J connectivity index is 2.02. The predicted molar refractivity (Wildman–Crippen MR) is 81.6 cm³/mol. The molecule has 0 saturated carbocycles. The lowest BCUT2D eigenvalue weighted by atomic mass is 10.1. The van der Waals surface area contributed by atoms with Crippen molar-refractivity contribution in [1.29, 1.82) is 0 Å². The zero-order valence-electron chi connectivity index (χ0n) is 12.5. The van der Waals surface area contributed by atoms with Crippen LogP contribution in [0.15, 0.2) is 48.5 Å². The highest BCUT2D eigenvalue weighted by Crippen LogP contribution is 2.29. The summed E-state index contributed by atoms with van der Waals surface area (Å²) in [4.78, 5) is 12.1. The molecule has 0 aliphatic heterocycles. The number of carbonyl (C=O) groups is 1. The van der Waals surface area contributed by atoms with E-state index < -0.39 is 23.7 Å². The van der Waals surface area contributed by atoms with E-state index >= 15 is 0 Å². The molecule has 3 N–H and O–H groups in total. The Morgan fingerprint density at radius 1 is 1.04 bits per heavy atom. The van der Waals surface area contributed by atoms with Gasteiger partial charge in [0.2, 0.25) is 0 Å². The van der Waals surface area contributed by atoms with Crippen LogP contribution in [0, 0.1) is 0 Å². The van der Waals surface area contributed by atoms with Crippen LogP contribution in [0.1, 0.15) is 21.5 Å². The van der Waals surface area contributed by atoms with Gasteiger partial charge < -0.3 is 15.5 Å². The van der Waals surface area contributed by atoms with Gasteiger partial charge in [-0.2, -0.15) is 13.2 Å². The van der Waals surface area contributed by atoms with Crippen molar-refractivity contribution in [2.24, 2.45) is 0 Å². The molecule has 7 heteroatoms. The van der Waals surface area contributed by atoms with E-state index in [1.54, 1.807) is 12.1 Å². The first-order chi connectivity index (χ1) is 11.3. The van der Waals surface area contributed by atoms with Crippen LogP contribution in [0.2, 0.25) is 0 Å². The quantitative estimate of drug-likeness (QED) is 0.784. The number of carbonyl (C=O) groups excluding carboxylic acids is 1. The van der Waals surface area contributed by atoms with E-state index in [1.807, 2.05) is 0 Å². The number of hydrogen-bond donors (Lipinski definition) is 3. The molecule has 0 aliphatic rings. The Labute approximate surface area is 136 Å². The SMILES string of the molecule is O=C(N[C@H](CO)Cc1ccc(O)cc1)c1ccc(C(F)(F)F)cc1. The predicted octanol–water partition coefficient (Wildman–Crippen LogP) is 2.74. The first-order valence-electron chi connectivity index (χ1n) is 7.16. The van der Waals surface area contributed by atoms with Gasteiger partial charge in [0.15, 0.2) is 0 Å². The van der Waals surface area contributed by atoms with Crippen LogP contribution >= 0.6 is 0 Å². The summed E-state index contributed by atoms with van der Waals surface area (Å²) in [6, 6.07) is 9.55. The molecule has 4 nitrogen and oxygen atoms in total. The minimum atomic E-state index is -4.46. The minimum Gasteiger partial charge on any atom is -0.508 e. The molecule has 0 unspecified atom stereocenters. The number of nitrogens with one attached hydrogen (secondary N) is 1. The van der Waals surface area contributed by atoms with Gasteiger partial charge in [-0.05, 0) is 48.4 Å². The summed E-state index contributed by atoms with van der Waals surface area (Å²) in [5, 5.41) is 21.2. The summed E-state index contributed by atoms with van der Waals surface area (Å²) in [6.07, 6.45) is -4.13. The molecule has 1 atom stereocenters. The molecule has 0 saturated heterocycles. The number of amides is 1. The summed E-state index contributed by atoms with van der Waals surface area (Å²) < 4.78 is 37.5. The third-order valence-corrected chi connectivity index (χ3v) is 3.45. The first kappa shape index (κ1) is 17.8. The lowest BCUT2D eigenvalue weighted by Gasteiger charge is -2.17. The van der Waals surface area contributed by atoms with E-state index in [2.05, 4.69) is 5.32 Å². The number of rotatable bonds is 5. The zero-order chi connectivity index (χ0) is 17.7. The highest BCUT2D eigenvalue weighted by molar-refractivity contribution is 5.94. The number of phenolic OH excluding ortho intramolecular Hbond substituents is 1. The fourth-order valence-corrected chi connectivity index (χ4v) is 2.16. The van der Waals surface area contributed by atoms with E-state index in [-0.39, 0.29) is 17.9 Å². The highest BCUT2D eigenvalue weighted by Gasteiger charge is 2.30. The second-order valence-electron chi connectivity index (χ2n) is 5.30. The van der Waals surface area contributed by atoms with Crippen LogP contribution < -0.4 is 5.32 Å². The molecule has 128 valence electrons. The average molecular weight is 339 g/mol. The van der Waals surface area contributed by atoms with Crippen molar-refractivity contribution in [3.05, 3.63) is 65.2 Å². The van der Waals surface area contributed by atoms with Gasteiger partial charge >= 0.3 is 6.18 Å². The number of halogens is 3. The number of aliphatic hydroxyl groups is 1. The topological polar surface area (TPSA) is 69.6 Å². The summed E-state index contributed by atoms with van der Waals surface area (Å²) in [7, 11) is 0. The standard InChI is InChI=1S/C17H16F3NO3/c18-17(19,20)13-5-3-12(4-6-13)16(24)21-14(10-22)9-11-1-7-15(23)8-2-11/h1-8,14,22-23H,9-10H2,(H,21,24)/t14-/m0/s1. The second kappa shape index (κ2) is 7.35. The lowest BCUT2D eigenvalue weighted by molar-refractivity contribution is -0.137. The highest BCUT2D eigenvalue weighted by atomic mass is 19.4. The molecule has 0 spiro atoms. The van der Waals surface area contributed by atoms with Crippen molar-refractivity contribution < 1.29 is 28.2 Å². The van der Waals surface area contributed by atoms with Gasteiger partial charge in [0, 0.05) is 5.56 Å². The molecule has 0 heterocycles. The Morgan fingerprint density at radius 2 is 1.62 bits per heavy atom. The summed E-state index contributed by atoms with van der Waals surface area (Å²) in [6.45, 7) is -0.326. The minimum absolute atomic E-state index is 0.0761. The molecular formula is C17H16F3NO3. The molecule has 2 aromatic carbocycles. The molecule has 2 aromatic rings. The van der Waals surface area contributed by atoms with Gasteiger partial charge in [0.25, 0.3) is 5.91 Å². The maximum atomic E-state index is 12.5. The van der Waals surface area contributed by atoms with E-state index in [1.165, 1.54) is 12.1 Å². The van der Waals surface area contributed by atoms with Gasteiger partial charge in [0.1, 0.15) is 5.75 Å². The van der Waals surface area contributed by atoms with Crippen LogP contribution in [0.3, 0.4) is 0 Å². The summed E-state index contributed by atoms with van der Waals surface area (Å²) >= 11 is 0. The molecule has 0 fully saturated rings. The van der Waals surface area contributed by atoms with Gasteiger partial charge in [-0.15, -0.1) is 0 Å². The van der Waals surface area contributed by atoms with E-state index in [9.17, 15) is 28.2 Å². The van der Waals surface area contributed by atoms with Crippen molar-refractivity contribution in [1.82, 2.24) is 5.32 Å². The zero-order valence-corrected chi connectivity index (χ0v) is 12.5. The van der Waals surface area contributed by atoms with E-state index in [4.69, 9.17) is 0 Å². The number of alkyl halides is 3. The normalized spacial score (nSPS) is 12.7. The van der Waals surface area contributed by atoms with E-state index in [0.717, 1.165) is 29.8 Å². The first-order valence-corrected chi connectivity index (χ1v) is 7.16. The summed E-state index contributed by atoms with van der Waals surface area (Å²) in [5.41, 5.74) is 0.0357. The van der Waals surface area contributed by atoms with Gasteiger partial charge in [-0.1, -0.05) is 12.1 Å². The van der Waals surface area contributed by atoms with Gasteiger partial charge in [-0.3, -0.25) is 4.79 Å². The third kappa shape index (κ3) is 4.73. The van der Waals surface area contributed by atoms with Crippen molar-refractivity contribution in [2.45, 2.75) is 18.6 Å². The van der Waals surface area contributed by atoms with Gasteiger partial charge in [0.05, 0.1) is 18.2 Å². The van der Waals surface area contributed by atoms with Crippen molar-refractivity contribution in [3.8, 4) is 5.75 Å². The number of aliphatic hydroxyl groups excluding tert-OH is 1. The van der Waals surface area contributed by atoms with Crippen LogP contribution in [0.4, 0.5) is 13.2 Å². The number of phenols is 1. The monoisotopic (exact) mass is 339 g/mol. The number of aromatic hydroxyl groups is 1. The molecule has 2 rings (SSSR count). The Hall–Kier alpha value is -2.54. The third-order valence-electron chi connectivity index (χ3n) is 3.45. The molecule has 24 heavy (non-hydrogen) atoms. The van der Waals surface area contributed by atoms with Crippen molar-refractivity contribution >= 4 is 5.91 Å². The maximum absolute atomic E-state index is 12.5. The maximum Gasteiger partial charge on any atom is 0.416 e. The smallest absolute Gasteiger partial charge is 0.416 e. The molecule has 0 bridgehead atoms. The molecule has 0 aromatic heterocycles. The van der Waals surface area contributed by atoms with Crippen LogP contribution in [-0.2, 0) is 12.6 Å². The average Bonchev–Trinajstić information content (AvgIpc) is 2.55. The largest absolute Gasteiger partial charge is 0.508 e. The molecule has 0 radical (unpaired) electrons. The molecule has 1 amide bonds. The van der Waals surface area contributed by atoms with E-state index in [0.29, 0.717) is 6.42 Å². The van der Waals surface area contributed by atoms with Crippen LogP contribution in [0.5, 0.6) is 5.75 Å². The molecular weight excluding hydrogens is 323 g/mol. The number of benzene rings is 2. The van der Waals surface area contributed by atoms with Crippen molar-refractivity contribution in [3.63, 3.8) is 0 Å².